The molecule has 0 saturated heterocycles. The number of hydrogen-bond donors (Lipinski definition) is 1. The summed E-state index contributed by atoms with van der Waals surface area (Å²) in [6.45, 7) is 4.36. The third kappa shape index (κ3) is 4.26. The SMILES string of the molecule is CCC/C(I)=C(\CCC)C(=N)c1ccccc1. The molecule has 0 spiro atoms. The molecule has 1 rings (SSSR count). The van der Waals surface area contributed by atoms with Crippen LogP contribution in [0.5, 0.6) is 0 Å². The Morgan fingerprint density at radius 3 is 2.18 bits per heavy atom. The van der Waals surface area contributed by atoms with Crippen LogP contribution in [0.4, 0.5) is 0 Å². The molecule has 17 heavy (non-hydrogen) atoms. The predicted molar refractivity (Wildman–Crippen MR) is 84.1 cm³/mol. The molecule has 0 radical (unpaired) electrons. The molecule has 0 unspecified atom stereocenters. The van der Waals surface area contributed by atoms with Gasteiger partial charge in [0.15, 0.2) is 0 Å². The quantitative estimate of drug-likeness (QED) is 0.533. The van der Waals surface area contributed by atoms with E-state index in [0.717, 1.165) is 31.2 Å². The first-order valence-electron chi connectivity index (χ1n) is 6.22. The molecule has 1 aromatic rings. The van der Waals surface area contributed by atoms with Gasteiger partial charge in [-0.15, -0.1) is 0 Å². The van der Waals surface area contributed by atoms with Crippen LogP contribution in [0.25, 0.3) is 0 Å². The Morgan fingerprint density at radius 1 is 1.06 bits per heavy atom. The summed E-state index contributed by atoms with van der Waals surface area (Å²) in [4.78, 5) is 0. The zero-order valence-corrected chi connectivity index (χ0v) is 12.8. The normalized spacial score (nSPS) is 12.2. The lowest BCUT2D eigenvalue weighted by Gasteiger charge is -2.12. The monoisotopic (exact) mass is 341 g/mol. The van der Waals surface area contributed by atoms with E-state index >= 15 is 0 Å². The number of rotatable bonds is 6. The fourth-order valence-corrected chi connectivity index (χ4v) is 2.87. The van der Waals surface area contributed by atoms with Crippen molar-refractivity contribution in [2.45, 2.75) is 39.5 Å². The molecule has 0 saturated carbocycles. The van der Waals surface area contributed by atoms with E-state index < -0.39 is 0 Å². The highest BCUT2D eigenvalue weighted by Gasteiger charge is 2.10. The first-order valence-corrected chi connectivity index (χ1v) is 7.30. The van der Waals surface area contributed by atoms with Crippen molar-refractivity contribution >= 4 is 28.3 Å². The fraction of sp³-hybridized carbons (Fsp3) is 0.400. The van der Waals surface area contributed by atoms with Crippen molar-refractivity contribution in [1.29, 1.82) is 5.41 Å². The zero-order valence-electron chi connectivity index (χ0n) is 10.6. The first-order chi connectivity index (χ1) is 8.20. The molecule has 0 amide bonds. The molecule has 92 valence electrons. The van der Waals surface area contributed by atoms with Crippen molar-refractivity contribution < 1.29 is 0 Å². The Morgan fingerprint density at radius 2 is 1.65 bits per heavy atom. The molecule has 0 aliphatic carbocycles. The molecule has 0 fully saturated rings. The number of hydrogen-bond acceptors (Lipinski definition) is 1. The summed E-state index contributed by atoms with van der Waals surface area (Å²) in [7, 11) is 0. The van der Waals surface area contributed by atoms with Gasteiger partial charge in [-0.2, -0.15) is 0 Å². The smallest absolute Gasteiger partial charge is 0.0651 e. The third-order valence-electron chi connectivity index (χ3n) is 2.66. The summed E-state index contributed by atoms with van der Waals surface area (Å²) in [6, 6.07) is 10.0. The van der Waals surface area contributed by atoms with Gasteiger partial charge < -0.3 is 0 Å². The van der Waals surface area contributed by atoms with E-state index in [1.165, 1.54) is 9.15 Å². The zero-order chi connectivity index (χ0) is 12.7. The molecule has 0 bridgehead atoms. The van der Waals surface area contributed by atoms with Gasteiger partial charge in [-0.05, 0) is 50.1 Å². The minimum absolute atomic E-state index is 0.699. The molecule has 1 nitrogen and oxygen atoms in total. The highest BCUT2D eigenvalue weighted by molar-refractivity contribution is 14.1. The standard InChI is InChI=1S/C15H20IN/c1-3-8-13(14(16)9-4-2)15(17)12-10-6-5-7-11-12/h5-7,10-11,17H,3-4,8-9H2,1-2H3/b14-13-,17-15?. The molecular weight excluding hydrogens is 321 g/mol. The summed E-state index contributed by atoms with van der Waals surface area (Å²) in [6.07, 6.45) is 4.34. The van der Waals surface area contributed by atoms with Crippen LogP contribution < -0.4 is 0 Å². The van der Waals surface area contributed by atoms with Gasteiger partial charge in [0, 0.05) is 0 Å². The van der Waals surface area contributed by atoms with E-state index in [1.54, 1.807) is 0 Å². The second-order valence-corrected chi connectivity index (χ2v) is 5.43. The minimum Gasteiger partial charge on any atom is -0.300 e. The van der Waals surface area contributed by atoms with Crippen LogP contribution in [0.2, 0.25) is 0 Å². The molecule has 2 heteroatoms. The fourth-order valence-electron chi connectivity index (χ4n) is 1.80. The van der Waals surface area contributed by atoms with Gasteiger partial charge in [-0.3, -0.25) is 5.41 Å². The third-order valence-corrected chi connectivity index (χ3v) is 3.85. The molecule has 0 heterocycles. The molecule has 0 aliphatic rings. The van der Waals surface area contributed by atoms with Crippen LogP contribution in [0.3, 0.4) is 0 Å². The summed E-state index contributed by atoms with van der Waals surface area (Å²) < 4.78 is 1.35. The van der Waals surface area contributed by atoms with E-state index in [1.807, 2.05) is 30.3 Å². The second kappa shape index (κ2) is 7.64. The summed E-state index contributed by atoms with van der Waals surface area (Å²) in [5.74, 6) is 0. The van der Waals surface area contributed by atoms with Crippen molar-refractivity contribution in [2.24, 2.45) is 0 Å². The van der Waals surface area contributed by atoms with E-state index in [2.05, 4.69) is 36.4 Å². The predicted octanol–water partition coefficient (Wildman–Crippen LogP) is 5.34. The Labute approximate surface area is 118 Å². The largest absolute Gasteiger partial charge is 0.300 e. The van der Waals surface area contributed by atoms with Crippen molar-refractivity contribution in [1.82, 2.24) is 0 Å². The lowest BCUT2D eigenvalue weighted by molar-refractivity contribution is 0.897. The van der Waals surface area contributed by atoms with Crippen molar-refractivity contribution in [3.05, 3.63) is 45.0 Å². The average Bonchev–Trinajstić information content (AvgIpc) is 2.36. The van der Waals surface area contributed by atoms with Gasteiger partial charge in [0.2, 0.25) is 0 Å². The first kappa shape index (κ1) is 14.4. The second-order valence-electron chi connectivity index (χ2n) is 4.12. The Kier molecular flexibility index (Phi) is 6.48. The maximum absolute atomic E-state index is 8.34. The Hall–Kier alpha value is -0.640. The maximum Gasteiger partial charge on any atom is 0.0651 e. The van der Waals surface area contributed by atoms with Gasteiger partial charge >= 0.3 is 0 Å². The van der Waals surface area contributed by atoms with E-state index in [-0.39, 0.29) is 0 Å². The summed E-state index contributed by atoms with van der Waals surface area (Å²) >= 11 is 2.41. The number of nitrogens with one attached hydrogen (secondary N) is 1. The van der Waals surface area contributed by atoms with Crippen molar-refractivity contribution in [3.8, 4) is 0 Å². The van der Waals surface area contributed by atoms with Gasteiger partial charge in [-0.25, -0.2) is 0 Å². The van der Waals surface area contributed by atoms with E-state index in [9.17, 15) is 0 Å². The topological polar surface area (TPSA) is 23.9 Å². The van der Waals surface area contributed by atoms with Gasteiger partial charge in [0.1, 0.15) is 0 Å². The summed E-state index contributed by atoms with van der Waals surface area (Å²) in [5, 5.41) is 8.34. The van der Waals surface area contributed by atoms with Crippen molar-refractivity contribution in [3.63, 3.8) is 0 Å². The highest BCUT2D eigenvalue weighted by Crippen LogP contribution is 2.25. The molecule has 1 aromatic carbocycles. The minimum atomic E-state index is 0.699. The average molecular weight is 341 g/mol. The van der Waals surface area contributed by atoms with Gasteiger partial charge in [0.05, 0.1) is 5.71 Å². The van der Waals surface area contributed by atoms with E-state index in [4.69, 9.17) is 5.41 Å². The van der Waals surface area contributed by atoms with Gasteiger partial charge in [0.25, 0.3) is 0 Å². The van der Waals surface area contributed by atoms with Crippen LogP contribution in [-0.4, -0.2) is 5.71 Å². The number of allylic oxidation sites excluding steroid dienone is 2. The van der Waals surface area contributed by atoms with Crippen LogP contribution in [0.15, 0.2) is 39.5 Å². The van der Waals surface area contributed by atoms with Crippen LogP contribution in [0.1, 0.15) is 45.1 Å². The molecule has 0 aromatic heterocycles. The lowest BCUT2D eigenvalue weighted by Crippen LogP contribution is -2.05. The molecule has 0 atom stereocenters. The summed E-state index contributed by atoms with van der Waals surface area (Å²) in [5.41, 5.74) is 2.95. The van der Waals surface area contributed by atoms with E-state index in [0.29, 0.717) is 5.71 Å². The highest BCUT2D eigenvalue weighted by atomic mass is 127. The van der Waals surface area contributed by atoms with Crippen LogP contribution in [-0.2, 0) is 0 Å². The Bertz CT molecular complexity index is 393. The molecule has 1 N–H and O–H groups in total. The van der Waals surface area contributed by atoms with Gasteiger partial charge in [-0.1, -0.05) is 57.0 Å². The number of benzene rings is 1. The van der Waals surface area contributed by atoms with Crippen molar-refractivity contribution in [2.75, 3.05) is 0 Å². The van der Waals surface area contributed by atoms with Crippen LogP contribution in [0, 0.1) is 5.41 Å². The van der Waals surface area contributed by atoms with Crippen LogP contribution >= 0.6 is 22.6 Å². The Balaban J connectivity index is 3.00. The number of halogens is 1. The lowest BCUT2D eigenvalue weighted by atomic mass is 9.97. The molecular formula is C15H20IN. The molecule has 0 aliphatic heterocycles. The maximum atomic E-state index is 8.34.